The predicted octanol–water partition coefficient (Wildman–Crippen LogP) is 2.44. The Bertz CT molecular complexity index is 401. The minimum atomic E-state index is 0.315. The number of halogens is 1. The van der Waals surface area contributed by atoms with Gasteiger partial charge in [-0.05, 0) is 29.2 Å². The smallest absolute Gasteiger partial charge is 0.222 e. The van der Waals surface area contributed by atoms with Crippen molar-refractivity contribution in [1.82, 2.24) is 14.9 Å². The molecule has 0 bridgehead atoms. The van der Waals surface area contributed by atoms with Crippen molar-refractivity contribution in [2.45, 2.75) is 13.8 Å². The van der Waals surface area contributed by atoms with Gasteiger partial charge in [-0.15, -0.1) is 0 Å². The number of hydrogen-bond acceptors (Lipinski definition) is 3. The van der Waals surface area contributed by atoms with Gasteiger partial charge in [-0.3, -0.25) is 4.90 Å². The SMILES string of the molecule is C[C](C)CN1CC=C(c2ccnc(Cl)n2)C1. The van der Waals surface area contributed by atoms with Crippen molar-refractivity contribution >= 4 is 17.2 Å². The fraction of sp³-hybridized carbons (Fsp3) is 0.417. The largest absolute Gasteiger partial charge is 0.295 e. The van der Waals surface area contributed by atoms with Crippen LogP contribution in [0.25, 0.3) is 5.57 Å². The summed E-state index contributed by atoms with van der Waals surface area (Å²) in [7, 11) is 0. The van der Waals surface area contributed by atoms with Crippen LogP contribution in [0.4, 0.5) is 0 Å². The van der Waals surface area contributed by atoms with Crippen LogP contribution in [0.5, 0.6) is 0 Å². The monoisotopic (exact) mass is 236 g/mol. The van der Waals surface area contributed by atoms with Gasteiger partial charge in [0.05, 0.1) is 5.69 Å². The molecular formula is C12H15ClN3. The summed E-state index contributed by atoms with van der Waals surface area (Å²) >= 11 is 5.78. The van der Waals surface area contributed by atoms with Crippen molar-refractivity contribution in [3.63, 3.8) is 0 Å². The average molecular weight is 237 g/mol. The van der Waals surface area contributed by atoms with E-state index in [1.54, 1.807) is 6.20 Å². The van der Waals surface area contributed by atoms with E-state index in [2.05, 4.69) is 34.8 Å². The Morgan fingerprint density at radius 1 is 1.50 bits per heavy atom. The lowest BCUT2D eigenvalue weighted by molar-refractivity contribution is 0.369. The van der Waals surface area contributed by atoms with Crippen LogP contribution in [-0.2, 0) is 0 Å². The molecule has 2 rings (SSSR count). The van der Waals surface area contributed by atoms with Gasteiger partial charge in [0.2, 0.25) is 5.28 Å². The van der Waals surface area contributed by atoms with E-state index in [4.69, 9.17) is 11.6 Å². The number of nitrogens with zero attached hydrogens (tertiary/aromatic N) is 3. The predicted molar refractivity (Wildman–Crippen MR) is 66.1 cm³/mol. The fourth-order valence-electron chi connectivity index (χ4n) is 1.88. The van der Waals surface area contributed by atoms with E-state index in [0.717, 1.165) is 25.3 Å². The van der Waals surface area contributed by atoms with Crippen LogP contribution < -0.4 is 0 Å². The third-order valence-corrected chi connectivity index (χ3v) is 2.67. The van der Waals surface area contributed by atoms with Gasteiger partial charge in [0.25, 0.3) is 0 Å². The van der Waals surface area contributed by atoms with E-state index < -0.39 is 0 Å². The van der Waals surface area contributed by atoms with E-state index in [1.165, 1.54) is 11.5 Å². The van der Waals surface area contributed by atoms with Crippen molar-refractivity contribution in [3.8, 4) is 0 Å². The molecule has 4 heteroatoms. The third-order valence-electron chi connectivity index (χ3n) is 2.48. The standard InChI is InChI=1S/C12H15ClN3/c1-9(2)7-16-6-4-10(8-16)11-3-5-14-12(13)15-11/h3-5H,6-8H2,1-2H3. The lowest BCUT2D eigenvalue weighted by atomic mass is 10.2. The maximum absolute atomic E-state index is 5.78. The molecule has 0 aromatic carbocycles. The summed E-state index contributed by atoms with van der Waals surface area (Å²) in [5, 5.41) is 0.315. The molecule has 0 saturated carbocycles. The fourth-order valence-corrected chi connectivity index (χ4v) is 2.02. The van der Waals surface area contributed by atoms with E-state index in [1.807, 2.05) is 6.07 Å². The van der Waals surface area contributed by atoms with Crippen molar-refractivity contribution in [2.75, 3.05) is 19.6 Å². The van der Waals surface area contributed by atoms with E-state index in [0.29, 0.717) is 5.28 Å². The first-order valence-corrected chi connectivity index (χ1v) is 5.72. The molecule has 1 aromatic heterocycles. The summed E-state index contributed by atoms with van der Waals surface area (Å²) in [5.74, 6) is 1.43. The molecule has 0 spiro atoms. The maximum atomic E-state index is 5.78. The van der Waals surface area contributed by atoms with Crippen LogP contribution in [0.2, 0.25) is 5.28 Å². The number of rotatable bonds is 3. The second-order valence-electron chi connectivity index (χ2n) is 4.32. The molecule has 0 amide bonds. The highest BCUT2D eigenvalue weighted by Crippen LogP contribution is 2.20. The quantitative estimate of drug-likeness (QED) is 0.755. The zero-order valence-electron chi connectivity index (χ0n) is 9.57. The van der Waals surface area contributed by atoms with Crippen LogP contribution in [-0.4, -0.2) is 34.5 Å². The van der Waals surface area contributed by atoms with Gasteiger partial charge in [-0.25, -0.2) is 9.97 Å². The first-order valence-electron chi connectivity index (χ1n) is 5.34. The summed E-state index contributed by atoms with van der Waals surface area (Å²) in [6, 6.07) is 1.91. The molecule has 2 heterocycles. The highest BCUT2D eigenvalue weighted by atomic mass is 35.5. The highest BCUT2D eigenvalue weighted by Gasteiger charge is 2.17. The Labute approximate surface area is 101 Å². The first-order chi connectivity index (χ1) is 7.65. The topological polar surface area (TPSA) is 29.0 Å². The lowest BCUT2D eigenvalue weighted by Gasteiger charge is -2.17. The van der Waals surface area contributed by atoms with Crippen LogP contribution in [0.3, 0.4) is 0 Å². The van der Waals surface area contributed by atoms with Gasteiger partial charge >= 0.3 is 0 Å². The molecule has 1 radical (unpaired) electrons. The molecule has 0 fully saturated rings. The maximum Gasteiger partial charge on any atom is 0.222 e. The molecule has 16 heavy (non-hydrogen) atoms. The normalized spacial score (nSPS) is 16.9. The Hall–Kier alpha value is -0.930. The van der Waals surface area contributed by atoms with Gasteiger partial charge in [-0.1, -0.05) is 19.9 Å². The lowest BCUT2D eigenvalue weighted by Crippen LogP contribution is -2.24. The van der Waals surface area contributed by atoms with Crippen molar-refractivity contribution in [1.29, 1.82) is 0 Å². The zero-order valence-corrected chi connectivity index (χ0v) is 10.3. The molecule has 0 N–H and O–H groups in total. The van der Waals surface area contributed by atoms with Gasteiger partial charge in [0.15, 0.2) is 0 Å². The molecule has 1 aliphatic heterocycles. The van der Waals surface area contributed by atoms with Gasteiger partial charge in [-0.2, -0.15) is 0 Å². The minimum absolute atomic E-state index is 0.315. The summed E-state index contributed by atoms with van der Waals surface area (Å²) < 4.78 is 0. The molecule has 0 saturated heterocycles. The number of hydrogen-bond donors (Lipinski definition) is 0. The summed E-state index contributed by atoms with van der Waals surface area (Å²) in [6.07, 6.45) is 3.91. The van der Waals surface area contributed by atoms with Crippen molar-refractivity contribution < 1.29 is 0 Å². The zero-order chi connectivity index (χ0) is 11.5. The van der Waals surface area contributed by atoms with E-state index >= 15 is 0 Å². The molecule has 1 aliphatic rings. The molecule has 0 unspecified atom stereocenters. The number of aromatic nitrogens is 2. The van der Waals surface area contributed by atoms with Gasteiger partial charge in [0, 0.05) is 25.8 Å². The molecule has 3 nitrogen and oxygen atoms in total. The van der Waals surface area contributed by atoms with Crippen LogP contribution in [0.15, 0.2) is 18.3 Å². The Kier molecular flexibility index (Phi) is 3.56. The van der Waals surface area contributed by atoms with Crippen LogP contribution in [0.1, 0.15) is 19.5 Å². The highest BCUT2D eigenvalue weighted by molar-refractivity contribution is 6.28. The van der Waals surface area contributed by atoms with Gasteiger partial charge < -0.3 is 0 Å². The Morgan fingerprint density at radius 2 is 2.31 bits per heavy atom. The molecule has 85 valence electrons. The van der Waals surface area contributed by atoms with Gasteiger partial charge in [0.1, 0.15) is 0 Å². The molecule has 1 aromatic rings. The molecule has 0 atom stereocenters. The third kappa shape index (κ3) is 2.80. The minimum Gasteiger partial charge on any atom is -0.295 e. The Morgan fingerprint density at radius 3 is 3.00 bits per heavy atom. The molecular weight excluding hydrogens is 222 g/mol. The second kappa shape index (κ2) is 4.93. The second-order valence-corrected chi connectivity index (χ2v) is 4.66. The summed E-state index contributed by atoms with van der Waals surface area (Å²) in [5.41, 5.74) is 2.18. The van der Waals surface area contributed by atoms with Crippen LogP contribution in [0, 0.1) is 5.92 Å². The van der Waals surface area contributed by atoms with E-state index in [-0.39, 0.29) is 0 Å². The summed E-state index contributed by atoms with van der Waals surface area (Å²) in [6.45, 7) is 7.28. The van der Waals surface area contributed by atoms with Crippen LogP contribution >= 0.6 is 11.6 Å². The first kappa shape index (κ1) is 11.6. The van der Waals surface area contributed by atoms with E-state index in [9.17, 15) is 0 Å². The average Bonchev–Trinajstić information content (AvgIpc) is 2.65. The summed E-state index contributed by atoms with van der Waals surface area (Å²) in [4.78, 5) is 10.5. The molecule has 0 aliphatic carbocycles. The van der Waals surface area contributed by atoms with Crippen molar-refractivity contribution in [3.05, 3.63) is 35.2 Å². The Balaban J connectivity index is 2.03. The van der Waals surface area contributed by atoms with Crippen molar-refractivity contribution in [2.24, 2.45) is 0 Å².